The van der Waals surface area contributed by atoms with Crippen molar-refractivity contribution >= 4 is 69.8 Å². The number of hydrogen-bond donors (Lipinski definition) is 1. The van der Waals surface area contributed by atoms with E-state index in [0.29, 0.717) is 26.7 Å². The molecular formula is C27H19BrN10O2S. The standard InChI is InChI=1S/C17H13N5O2S.C10H6BrN5/c1-11-3-5-14(6-4-11)25(23,24)22-10-12(7-18)15-16-13(8-19-17(15)22)9-20-21(16)2;1-16-8-5(4-14-16)3-13-10-7(8)6(2-12)9(11)15-10/h3-6,8-10H,1-2H3;3-4,14H,1H3. The molecule has 6 heterocycles. The van der Waals surface area contributed by atoms with E-state index in [4.69, 9.17) is 5.26 Å². The highest BCUT2D eigenvalue weighted by Crippen LogP contribution is 2.31. The lowest BCUT2D eigenvalue weighted by atomic mass is 10.2. The SMILES string of the molecule is Cc1ccc(S(=O)(=O)n2cc(C#N)c3c2ncc2cnn(C)c23)cc1.Cn1[nH]cc2cnc3nc(Br)c(C#N)c3c21. The third kappa shape index (κ3) is 4.04. The predicted octanol–water partition coefficient (Wildman–Crippen LogP) is 4.42. The fourth-order valence-corrected chi connectivity index (χ4v) is 6.55. The van der Waals surface area contributed by atoms with Crippen LogP contribution in [0.2, 0.25) is 0 Å². The van der Waals surface area contributed by atoms with Crippen molar-refractivity contribution in [1.29, 1.82) is 10.5 Å². The van der Waals surface area contributed by atoms with Gasteiger partial charge >= 0.3 is 0 Å². The van der Waals surface area contributed by atoms with Crippen LogP contribution in [0.1, 0.15) is 16.7 Å². The summed E-state index contributed by atoms with van der Waals surface area (Å²) in [6.45, 7) is 1.88. The number of nitrogens with zero attached hydrogens (tertiary/aromatic N) is 9. The Labute approximate surface area is 241 Å². The molecule has 0 unspecified atom stereocenters. The molecule has 0 saturated carbocycles. The fourth-order valence-electron chi connectivity index (χ4n) is 4.78. The summed E-state index contributed by atoms with van der Waals surface area (Å²) in [5.74, 6) is 0. The van der Waals surface area contributed by atoms with Crippen molar-refractivity contribution in [2.75, 3.05) is 0 Å². The number of rotatable bonds is 2. The summed E-state index contributed by atoms with van der Waals surface area (Å²) in [5, 5.41) is 28.8. The first-order valence-electron chi connectivity index (χ1n) is 12.1. The molecule has 0 aliphatic carbocycles. The molecule has 0 saturated heterocycles. The maximum absolute atomic E-state index is 13.0. The zero-order valence-electron chi connectivity index (χ0n) is 21.8. The third-order valence-corrected chi connectivity index (χ3v) is 9.00. The van der Waals surface area contributed by atoms with Crippen molar-refractivity contribution in [1.82, 2.24) is 38.5 Å². The monoisotopic (exact) mass is 626 g/mol. The molecule has 202 valence electrons. The molecule has 0 aliphatic rings. The van der Waals surface area contributed by atoms with Crippen LogP contribution >= 0.6 is 15.9 Å². The Morgan fingerprint density at radius 3 is 2.39 bits per heavy atom. The molecule has 12 nitrogen and oxygen atoms in total. The maximum atomic E-state index is 13.0. The van der Waals surface area contributed by atoms with Crippen molar-refractivity contribution in [3.8, 4) is 12.1 Å². The van der Waals surface area contributed by atoms with E-state index in [1.54, 1.807) is 54.6 Å². The van der Waals surface area contributed by atoms with E-state index in [9.17, 15) is 13.7 Å². The van der Waals surface area contributed by atoms with Gasteiger partial charge in [-0.3, -0.25) is 9.36 Å². The number of nitriles is 2. The Balaban J connectivity index is 0.000000162. The molecule has 6 aromatic heterocycles. The zero-order chi connectivity index (χ0) is 29.1. The molecule has 0 atom stereocenters. The van der Waals surface area contributed by atoms with Crippen LogP contribution in [0.3, 0.4) is 0 Å². The number of aromatic nitrogens is 8. The number of H-pyrrole nitrogens is 1. The van der Waals surface area contributed by atoms with E-state index in [1.165, 1.54) is 6.20 Å². The van der Waals surface area contributed by atoms with E-state index in [1.807, 2.05) is 24.9 Å². The second-order valence-corrected chi connectivity index (χ2v) is 11.8. The molecule has 1 N–H and O–H groups in total. The smallest absolute Gasteiger partial charge is 0.269 e. The minimum Gasteiger partial charge on any atom is -0.305 e. The summed E-state index contributed by atoms with van der Waals surface area (Å²) >= 11 is 3.28. The molecule has 0 amide bonds. The molecular weight excluding hydrogens is 608 g/mol. The van der Waals surface area contributed by atoms with Gasteiger partial charge in [-0.15, -0.1) is 0 Å². The average molecular weight is 627 g/mol. The first kappa shape index (κ1) is 26.2. The molecule has 0 spiro atoms. The Morgan fingerprint density at radius 1 is 0.951 bits per heavy atom. The van der Waals surface area contributed by atoms with Crippen LogP contribution in [-0.4, -0.2) is 46.9 Å². The van der Waals surface area contributed by atoms with E-state index < -0.39 is 10.0 Å². The van der Waals surface area contributed by atoms with Crippen LogP contribution in [0.25, 0.3) is 43.9 Å². The van der Waals surface area contributed by atoms with Gasteiger partial charge in [0.2, 0.25) is 0 Å². The Bertz CT molecular complexity index is 2350. The van der Waals surface area contributed by atoms with Gasteiger partial charge in [-0.25, -0.2) is 27.3 Å². The molecule has 0 aliphatic heterocycles. The van der Waals surface area contributed by atoms with Crippen LogP contribution in [0, 0.1) is 29.6 Å². The highest BCUT2D eigenvalue weighted by Gasteiger charge is 2.24. The molecule has 7 rings (SSSR count). The lowest BCUT2D eigenvalue weighted by molar-refractivity contribution is 0.588. The number of benzene rings is 1. The van der Waals surface area contributed by atoms with Gasteiger partial charge < -0.3 is 5.10 Å². The molecule has 7 aromatic rings. The summed E-state index contributed by atoms with van der Waals surface area (Å²) < 4.78 is 31.2. The van der Waals surface area contributed by atoms with Gasteiger partial charge in [-0.1, -0.05) is 17.7 Å². The second-order valence-electron chi connectivity index (χ2n) is 9.28. The highest BCUT2D eigenvalue weighted by atomic mass is 79.9. The fraction of sp³-hybridized carbons (Fsp3) is 0.111. The quantitative estimate of drug-likeness (QED) is 0.294. The summed E-state index contributed by atoms with van der Waals surface area (Å²) in [7, 11) is -0.225. The first-order chi connectivity index (χ1) is 19.6. The maximum Gasteiger partial charge on any atom is 0.269 e. The summed E-state index contributed by atoms with van der Waals surface area (Å²) in [4.78, 5) is 12.9. The summed E-state index contributed by atoms with van der Waals surface area (Å²) in [5.41, 5.74) is 4.16. The van der Waals surface area contributed by atoms with E-state index in [0.717, 1.165) is 31.2 Å². The van der Waals surface area contributed by atoms with E-state index >= 15 is 0 Å². The van der Waals surface area contributed by atoms with Gasteiger partial charge in [-0.2, -0.15) is 15.6 Å². The van der Waals surface area contributed by atoms with Gasteiger partial charge in [0.15, 0.2) is 11.3 Å². The average Bonchev–Trinajstić information content (AvgIpc) is 3.71. The number of fused-ring (bicyclic) bond motifs is 6. The van der Waals surface area contributed by atoms with E-state index in [2.05, 4.69) is 53.2 Å². The largest absolute Gasteiger partial charge is 0.305 e. The van der Waals surface area contributed by atoms with Crippen LogP contribution in [-0.2, 0) is 24.1 Å². The van der Waals surface area contributed by atoms with Crippen molar-refractivity contribution in [2.45, 2.75) is 11.8 Å². The minimum absolute atomic E-state index is 0.145. The normalized spacial score (nSPS) is 11.6. The summed E-state index contributed by atoms with van der Waals surface area (Å²) in [6, 6.07) is 10.8. The lowest BCUT2D eigenvalue weighted by Gasteiger charge is -2.07. The number of nitrogens with one attached hydrogen (secondary N) is 1. The lowest BCUT2D eigenvalue weighted by Crippen LogP contribution is -2.12. The minimum atomic E-state index is -3.86. The molecule has 0 fully saturated rings. The van der Waals surface area contributed by atoms with Crippen molar-refractivity contribution in [3.05, 3.63) is 76.5 Å². The molecule has 0 radical (unpaired) electrons. The molecule has 0 bridgehead atoms. The van der Waals surface area contributed by atoms with Crippen molar-refractivity contribution in [3.63, 3.8) is 0 Å². The number of aryl methyl sites for hydroxylation is 3. The van der Waals surface area contributed by atoms with Gasteiger partial charge in [0.1, 0.15) is 16.7 Å². The predicted molar refractivity (Wildman–Crippen MR) is 155 cm³/mol. The van der Waals surface area contributed by atoms with Crippen LogP contribution in [0.15, 0.2) is 64.7 Å². The zero-order valence-corrected chi connectivity index (χ0v) is 24.2. The Hall–Kier alpha value is -5.05. The summed E-state index contributed by atoms with van der Waals surface area (Å²) in [6.07, 6.45) is 8.11. The number of hydrogen-bond acceptors (Lipinski definition) is 8. The van der Waals surface area contributed by atoms with Crippen LogP contribution in [0.5, 0.6) is 0 Å². The van der Waals surface area contributed by atoms with Crippen LogP contribution < -0.4 is 0 Å². The number of aromatic amines is 1. The van der Waals surface area contributed by atoms with Crippen LogP contribution in [0.4, 0.5) is 0 Å². The van der Waals surface area contributed by atoms with Crippen molar-refractivity contribution in [2.24, 2.45) is 14.1 Å². The van der Waals surface area contributed by atoms with Gasteiger partial charge in [0.25, 0.3) is 10.0 Å². The first-order valence-corrected chi connectivity index (χ1v) is 14.3. The van der Waals surface area contributed by atoms with Crippen molar-refractivity contribution < 1.29 is 8.42 Å². The van der Waals surface area contributed by atoms with Gasteiger partial charge in [-0.05, 0) is 35.0 Å². The third-order valence-electron chi connectivity index (χ3n) is 6.76. The van der Waals surface area contributed by atoms with Gasteiger partial charge in [0, 0.05) is 49.7 Å². The highest BCUT2D eigenvalue weighted by molar-refractivity contribution is 9.10. The Morgan fingerprint density at radius 2 is 1.68 bits per heavy atom. The molecule has 41 heavy (non-hydrogen) atoms. The topological polar surface area (TPSA) is 164 Å². The molecule has 14 heteroatoms. The Kier molecular flexibility index (Phi) is 6.10. The number of pyridine rings is 2. The molecule has 1 aromatic carbocycles. The van der Waals surface area contributed by atoms with Gasteiger partial charge in [0.05, 0.1) is 44.0 Å². The second kappa shape index (κ2) is 9.55. The number of halogens is 1. The van der Waals surface area contributed by atoms with E-state index in [-0.39, 0.29) is 16.1 Å².